The third-order valence-electron chi connectivity index (χ3n) is 5.80. The molecule has 0 bridgehead atoms. The number of benzene rings is 2. The fourth-order valence-corrected chi connectivity index (χ4v) is 4.80. The maximum Gasteiger partial charge on any atom is 0.253 e. The highest BCUT2D eigenvalue weighted by Gasteiger charge is 2.22. The minimum Gasteiger partial charge on any atom is -0.489 e. The highest BCUT2D eigenvalue weighted by molar-refractivity contribution is 7.09. The van der Waals surface area contributed by atoms with E-state index in [-0.39, 0.29) is 11.3 Å². The zero-order valence-electron chi connectivity index (χ0n) is 19.8. The van der Waals surface area contributed by atoms with Crippen molar-refractivity contribution in [2.75, 3.05) is 26.2 Å². The number of aromatic nitrogens is 1. The van der Waals surface area contributed by atoms with Gasteiger partial charge in [0, 0.05) is 49.1 Å². The van der Waals surface area contributed by atoms with Gasteiger partial charge in [-0.1, -0.05) is 51.1 Å². The topological polar surface area (TPSA) is 45.7 Å². The van der Waals surface area contributed by atoms with E-state index in [0.717, 1.165) is 56.2 Å². The van der Waals surface area contributed by atoms with Crippen LogP contribution in [-0.2, 0) is 18.6 Å². The molecule has 33 heavy (non-hydrogen) atoms. The van der Waals surface area contributed by atoms with Crippen molar-refractivity contribution in [1.29, 1.82) is 0 Å². The van der Waals surface area contributed by atoms with E-state index in [1.807, 2.05) is 59.5 Å². The Labute approximate surface area is 201 Å². The summed E-state index contributed by atoms with van der Waals surface area (Å²) in [5.41, 5.74) is 3.06. The second-order valence-corrected chi connectivity index (χ2v) is 10.5. The zero-order chi connectivity index (χ0) is 23.3. The highest BCUT2D eigenvalue weighted by Crippen LogP contribution is 2.26. The summed E-state index contributed by atoms with van der Waals surface area (Å²) in [6, 6.07) is 17.6. The number of carbonyl (C=O) groups excluding carboxylic acids is 1. The van der Waals surface area contributed by atoms with Crippen molar-refractivity contribution >= 4 is 17.2 Å². The second-order valence-electron chi connectivity index (χ2n) is 9.61. The van der Waals surface area contributed by atoms with Crippen LogP contribution in [0.5, 0.6) is 5.75 Å². The van der Waals surface area contributed by atoms with Gasteiger partial charge < -0.3 is 9.64 Å². The minimum absolute atomic E-state index is 0.0903. The Morgan fingerprint density at radius 1 is 1.00 bits per heavy atom. The molecule has 6 heteroatoms. The monoisotopic (exact) mass is 463 g/mol. The molecule has 0 saturated carbocycles. The zero-order valence-corrected chi connectivity index (χ0v) is 20.6. The number of nitrogens with zero attached hydrogens (tertiary/aromatic N) is 3. The predicted molar refractivity (Wildman–Crippen MR) is 134 cm³/mol. The SMILES string of the molecule is CC(C)(C)c1nc(CN2CCCN(C(=O)c3ccc(OCc4ccccc4)cc3)CC2)cs1. The first-order valence-corrected chi connectivity index (χ1v) is 12.5. The molecule has 174 valence electrons. The van der Waals surface area contributed by atoms with Gasteiger partial charge in [-0.3, -0.25) is 9.69 Å². The van der Waals surface area contributed by atoms with Gasteiger partial charge >= 0.3 is 0 Å². The van der Waals surface area contributed by atoms with E-state index < -0.39 is 0 Å². The smallest absolute Gasteiger partial charge is 0.253 e. The number of rotatable bonds is 6. The molecule has 2 aromatic carbocycles. The van der Waals surface area contributed by atoms with Gasteiger partial charge in [-0.2, -0.15) is 0 Å². The third kappa shape index (κ3) is 6.42. The van der Waals surface area contributed by atoms with Crippen LogP contribution in [0.4, 0.5) is 0 Å². The van der Waals surface area contributed by atoms with E-state index in [4.69, 9.17) is 9.72 Å². The Balaban J connectivity index is 1.29. The lowest BCUT2D eigenvalue weighted by Gasteiger charge is -2.22. The molecule has 0 spiro atoms. The average Bonchev–Trinajstić information content (AvgIpc) is 3.17. The van der Waals surface area contributed by atoms with Crippen LogP contribution in [0.3, 0.4) is 0 Å². The molecule has 1 saturated heterocycles. The fourth-order valence-electron chi connectivity index (χ4n) is 3.90. The van der Waals surface area contributed by atoms with Crippen molar-refractivity contribution in [1.82, 2.24) is 14.8 Å². The van der Waals surface area contributed by atoms with Crippen LogP contribution in [0, 0.1) is 0 Å². The van der Waals surface area contributed by atoms with Crippen LogP contribution in [0.15, 0.2) is 60.0 Å². The number of ether oxygens (including phenoxy) is 1. The summed E-state index contributed by atoms with van der Waals surface area (Å²) in [4.78, 5) is 22.3. The summed E-state index contributed by atoms with van der Waals surface area (Å²) < 4.78 is 5.85. The van der Waals surface area contributed by atoms with Crippen LogP contribution >= 0.6 is 11.3 Å². The molecule has 5 nitrogen and oxygen atoms in total. The molecular weight excluding hydrogens is 430 g/mol. The van der Waals surface area contributed by atoms with Crippen LogP contribution in [0.25, 0.3) is 0 Å². The van der Waals surface area contributed by atoms with Gasteiger partial charge in [0.25, 0.3) is 5.91 Å². The minimum atomic E-state index is 0.0903. The van der Waals surface area contributed by atoms with E-state index >= 15 is 0 Å². The molecule has 1 fully saturated rings. The van der Waals surface area contributed by atoms with E-state index in [9.17, 15) is 4.79 Å². The molecule has 1 aromatic heterocycles. The van der Waals surface area contributed by atoms with Gasteiger partial charge in [-0.15, -0.1) is 11.3 Å². The Bertz CT molecular complexity index is 1040. The van der Waals surface area contributed by atoms with Crippen molar-refractivity contribution in [2.24, 2.45) is 0 Å². The van der Waals surface area contributed by atoms with E-state index in [1.54, 1.807) is 11.3 Å². The highest BCUT2D eigenvalue weighted by atomic mass is 32.1. The van der Waals surface area contributed by atoms with Gasteiger partial charge in [0.1, 0.15) is 12.4 Å². The van der Waals surface area contributed by atoms with Crippen molar-refractivity contribution in [3.05, 3.63) is 81.8 Å². The van der Waals surface area contributed by atoms with E-state index in [1.165, 1.54) is 5.01 Å². The number of hydrogen-bond donors (Lipinski definition) is 0. The summed E-state index contributed by atoms with van der Waals surface area (Å²) in [5.74, 6) is 0.866. The number of thiazole rings is 1. The summed E-state index contributed by atoms with van der Waals surface area (Å²) in [5, 5.41) is 3.36. The van der Waals surface area contributed by atoms with E-state index in [0.29, 0.717) is 12.2 Å². The van der Waals surface area contributed by atoms with Gasteiger partial charge in [0.2, 0.25) is 0 Å². The standard InChI is InChI=1S/C27H33N3O2S/c1-27(2,3)26-28-23(20-33-26)18-29-14-7-15-30(17-16-29)25(31)22-10-12-24(13-11-22)32-19-21-8-5-4-6-9-21/h4-6,8-13,20H,7,14-19H2,1-3H3. The van der Waals surface area contributed by atoms with Crippen molar-refractivity contribution in [3.8, 4) is 5.75 Å². The summed E-state index contributed by atoms with van der Waals surface area (Å²) in [6.45, 7) is 11.3. The fraction of sp³-hybridized carbons (Fsp3) is 0.407. The molecule has 4 rings (SSSR count). The van der Waals surface area contributed by atoms with Gasteiger partial charge in [-0.25, -0.2) is 4.98 Å². The molecule has 1 aliphatic heterocycles. The molecule has 2 heterocycles. The van der Waals surface area contributed by atoms with Crippen molar-refractivity contribution in [3.63, 3.8) is 0 Å². The maximum atomic E-state index is 13.1. The molecule has 1 amide bonds. The predicted octanol–water partition coefficient (Wildman–Crippen LogP) is 5.37. The lowest BCUT2D eigenvalue weighted by molar-refractivity contribution is 0.0761. The second kappa shape index (κ2) is 10.5. The normalized spacial score (nSPS) is 15.3. The Hall–Kier alpha value is -2.70. The molecule has 0 N–H and O–H groups in total. The number of amides is 1. The lowest BCUT2D eigenvalue weighted by atomic mass is 9.98. The van der Waals surface area contributed by atoms with Crippen LogP contribution in [0.1, 0.15) is 53.8 Å². The molecular formula is C27H33N3O2S. The molecule has 0 atom stereocenters. The molecule has 0 radical (unpaired) electrons. The quantitative estimate of drug-likeness (QED) is 0.493. The first kappa shape index (κ1) is 23.5. The van der Waals surface area contributed by atoms with Crippen LogP contribution < -0.4 is 4.74 Å². The maximum absolute atomic E-state index is 13.1. The lowest BCUT2D eigenvalue weighted by Crippen LogP contribution is -2.35. The Morgan fingerprint density at radius 2 is 1.76 bits per heavy atom. The van der Waals surface area contributed by atoms with Crippen LogP contribution in [0.2, 0.25) is 0 Å². The first-order valence-electron chi connectivity index (χ1n) is 11.6. The van der Waals surface area contributed by atoms with Crippen LogP contribution in [-0.4, -0.2) is 46.9 Å². The average molecular weight is 464 g/mol. The van der Waals surface area contributed by atoms with Gasteiger partial charge in [0.15, 0.2) is 0 Å². The molecule has 0 unspecified atom stereocenters. The Kier molecular flexibility index (Phi) is 7.46. The molecule has 1 aliphatic rings. The molecule has 0 aliphatic carbocycles. The number of carbonyl (C=O) groups is 1. The van der Waals surface area contributed by atoms with Crippen molar-refractivity contribution < 1.29 is 9.53 Å². The largest absolute Gasteiger partial charge is 0.489 e. The summed E-state index contributed by atoms with van der Waals surface area (Å²) in [7, 11) is 0. The number of hydrogen-bond acceptors (Lipinski definition) is 5. The van der Waals surface area contributed by atoms with Gasteiger partial charge in [0.05, 0.1) is 10.7 Å². The first-order chi connectivity index (χ1) is 15.9. The van der Waals surface area contributed by atoms with Gasteiger partial charge in [-0.05, 0) is 36.2 Å². The molecule has 3 aromatic rings. The van der Waals surface area contributed by atoms with E-state index in [2.05, 4.69) is 31.1 Å². The third-order valence-corrected chi connectivity index (χ3v) is 7.12. The summed E-state index contributed by atoms with van der Waals surface area (Å²) >= 11 is 1.74. The Morgan fingerprint density at radius 3 is 2.45 bits per heavy atom. The summed E-state index contributed by atoms with van der Waals surface area (Å²) in [6.07, 6.45) is 0.972. The van der Waals surface area contributed by atoms with Crippen molar-refractivity contribution in [2.45, 2.75) is 45.8 Å².